The molecule has 0 spiro atoms. The first-order chi connectivity index (χ1) is 8.52. The van der Waals surface area contributed by atoms with Crippen LogP contribution in [0.3, 0.4) is 0 Å². The van der Waals surface area contributed by atoms with Crippen molar-refractivity contribution in [2.45, 2.75) is 18.6 Å². The van der Waals surface area contributed by atoms with E-state index in [1.165, 1.54) is 0 Å². The van der Waals surface area contributed by atoms with Crippen molar-refractivity contribution < 1.29 is 15.0 Å². The number of benzene rings is 1. The lowest BCUT2D eigenvalue weighted by Crippen LogP contribution is -2.36. The summed E-state index contributed by atoms with van der Waals surface area (Å²) in [5.74, 6) is -0.956. The van der Waals surface area contributed by atoms with E-state index >= 15 is 0 Å². The molecule has 1 aromatic rings. The standard InChI is InChI=1S/C12H11BrN2O3/c13-9-3-7(5-14)1-2-10(9)15-6-8(16)4-11(15)12(17)18/h1-3,8,11,16H,4,6H2,(H,17,18). The van der Waals surface area contributed by atoms with Crippen LogP contribution in [0.1, 0.15) is 12.0 Å². The van der Waals surface area contributed by atoms with Crippen LogP contribution >= 0.6 is 15.9 Å². The molecule has 1 aromatic carbocycles. The second-order valence-electron chi connectivity index (χ2n) is 4.17. The van der Waals surface area contributed by atoms with Gasteiger partial charge < -0.3 is 15.1 Å². The summed E-state index contributed by atoms with van der Waals surface area (Å²) in [7, 11) is 0. The molecular formula is C12H11BrN2O3. The first kappa shape index (κ1) is 12.9. The Labute approximate surface area is 112 Å². The Balaban J connectivity index is 2.36. The summed E-state index contributed by atoms with van der Waals surface area (Å²) in [5, 5.41) is 27.5. The van der Waals surface area contributed by atoms with Crippen LogP contribution in [0.2, 0.25) is 0 Å². The second-order valence-corrected chi connectivity index (χ2v) is 5.03. The Hall–Kier alpha value is -1.58. The molecule has 2 atom stereocenters. The molecule has 1 heterocycles. The number of carboxylic acid groups (broad SMARTS) is 1. The number of β-amino-alcohol motifs (C(OH)–C–C–N with tert-alkyl or cyclic N) is 1. The van der Waals surface area contributed by atoms with E-state index < -0.39 is 18.1 Å². The number of aliphatic hydroxyl groups is 1. The fourth-order valence-electron chi connectivity index (χ4n) is 2.12. The highest BCUT2D eigenvalue weighted by Crippen LogP contribution is 2.33. The van der Waals surface area contributed by atoms with Crippen LogP contribution in [0.15, 0.2) is 22.7 Å². The fourth-order valence-corrected chi connectivity index (χ4v) is 2.73. The highest BCUT2D eigenvalue weighted by atomic mass is 79.9. The minimum atomic E-state index is -0.956. The maximum absolute atomic E-state index is 11.1. The summed E-state index contributed by atoms with van der Waals surface area (Å²) >= 11 is 3.33. The number of rotatable bonds is 2. The zero-order valence-corrected chi connectivity index (χ0v) is 11.0. The lowest BCUT2D eigenvalue weighted by molar-refractivity contribution is -0.138. The van der Waals surface area contributed by atoms with Crippen molar-refractivity contribution >= 4 is 27.6 Å². The zero-order valence-electron chi connectivity index (χ0n) is 9.38. The monoisotopic (exact) mass is 310 g/mol. The quantitative estimate of drug-likeness (QED) is 0.861. The number of halogens is 1. The van der Waals surface area contributed by atoms with E-state index in [9.17, 15) is 9.90 Å². The maximum Gasteiger partial charge on any atom is 0.326 e. The molecule has 2 rings (SSSR count). The third-order valence-electron chi connectivity index (χ3n) is 2.95. The molecule has 1 aliphatic heterocycles. The minimum absolute atomic E-state index is 0.210. The maximum atomic E-state index is 11.1. The Bertz CT molecular complexity index is 527. The fraction of sp³-hybridized carbons (Fsp3) is 0.333. The van der Waals surface area contributed by atoms with Crippen molar-refractivity contribution in [1.29, 1.82) is 5.26 Å². The largest absolute Gasteiger partial charge is 0.480 e. The van der Waals surface area contributed by atoms with Gasteiger partial charge in [0.15, 0.2) is 0 Å². The Kier molecular flexibility index (Phi) is 3.55. The lowest BCUT2D eigenvalue weighted by Gasteiger charge is -2.24. The average Bonchev–Trinajstić information content (AvgIpc) is 2.71. The minimum Gasteiger partial charge on any atom is -0.480 e. The van der Waals surface area contributed by atoms with Crippen molar-refractivity contribution in [3.63, 3.8) is 0 Å². The third kappa shape index (κ3) is 2.33. The number of carboxylic acids is 1. The topological polar surface area (TPSA) is 84.6 Å². The van der Waals surface area contributed by atoms with Gasteiger partial charge in [-0.05, 0) is 34.1 Å². The Morgan fingerprint density at radius 3 is 2.83 bits per heavy atom. The first-order valence-corrected chi connectivity index (χ1v) is 6.19. The molecule has 5 nitrogen and oxygen atoms in total. The molecule has 0 bridgehead atoms. The van der Waals surface area contributed by atoms with Gasteiger partial charge in [-0.2, -0.15) is 5.26 Å². The van der Waals surface area contributed by atoms with E-state index in [1.54, 1.807) is 23.1 Å². The number of nitrogens with zero attached hydrogens (tertiary/aromatic N) is 2. The predicted octanol–water partition coefficient (Wildman–Crippen LogP) is 1.34. The van der Waals surface area contributed by atoms with Crippen LogP contribution < -0.4 is 4.90 Å². The normalized spacial score (nSPS) is 22.8. The van der Waals surface area contributed by atoms with Gasteiger partial charge in [-0.1, -0.05) is 0 Å². The zero-order chi connectivity index (χ0) is 13.3. The molecule has 0 radical (unpaired) electrons. The van der Waals surface area contributed by atoms with Crippen LogP contribution in [0.25, 0.3) is 0 Å². The molecule has 6 heteroatoms. The first-order valence-electron chi connectivity index (χ1n) is 5.40. The van der Waals surface area contributed by atoms with E-state index in [0.29, 0.717) is 15.7 Å². The molecule has 0 aromatic heterocycles. The van der Waals surface area contributed by atoms with Gasteiger partial charge in [0.1, 0.15) is 6.04 Å². The number of aliphatic hydroxyl groups excluding tert-OH is 1. The molecule has 1 fully saturated rings. The summed E-state index contributed by atoms with van der Waals surface area (Å²) < 4.78 is 0.655. The molecule has 2 unspecified atom stereocenters. The van der Waals surface area contributed by atoms with E-state index in [1.807, 2.05) is 6.07 Å². The van der Waals surface area contributed by atoms with Crippen LogP contribution in [-0.2, 0) is 4.79 Å². The van der Waals surface area contributed by atoms with Gasteiger partial charge in [0.2, 0.25) is 0 Å². The van der Waals surface area contributed by atoms with E-state index in [2.05, 4.69) is 15.9 Å². The number of carbonyl (C=O) groups is 1. The van der Waals surface area contributed by atoms with Crippen molar-refractivity contribution in [3.05, 3.63) is 28.2 Å². The van der Waals surface area contributed by atoms with E-state index in [0.717, 1.165) is 0 Å². The highest BCUT2D eigenvalue weighted by Gasteiger charge is 2.36. The van der Waals surface area contributed by atoms with Crippen molar-refractivity contribution in [3.8, 4) is 6.07 Å². The smallest absolute Gasteiger partial charge is 0.326 e. The van der Waals surface area contributed by atoms with Gasteiger partial charge in [-0.25, -0.2) is 4.79 Å². The highest BCUT2D eigenvalue weighted by molar-refractivity contribution is 9.10. The number of hydrogen-bond acceptors (Lipinski definition) is 4. The average molecular weight is 311 g/mol. The van der Waals surface area contributed by atoms with Crippen LogP contribution in [0.5, 0.6) is 0 Å². The summed E-state index contributed by atoms with van der Waals surface area (Å²) in [4.78, 5) is 12.8. The molecule has 0 saturated carbocycles. The van der Waals surface area contributed by atoms with Crippen LogP contribution in [-0.4, -0.2) is 34.9 Å². The SMILES string of the molecule is N#Cc1ccc(N2CC(O)CC2C(=O)O)c(Br)c1. The Morgan fingerprint density at radius 1 is 1.56 bits per heavy atom. The molecule has 18 heavy (non-hydrogen) atoms. The van der Waals surface area contributed by atoms with Gasteiger partial charge in [-0.15, -0.1) is 0 Å². The predicted molar refractivity (Wildman–Crippen MR) is 68.3 cm³/mol. The Morgan fingerprint density at radius 2 is 2.28 bits per heavy atom. The van der Waals surface area contributed by atoms with Gasteiger partial charge in [0, 0.05) is 17.4 Å². The van der Waals surface area contributed by atoms with Crippen molar-refractivity contribution in [1.82, 2.24) is 0 Å². The number of anilines is 1. The van der Waals surface area contributed by atoms with Crippen LogP contribution in [0, 0.1) is 11.3 Å². The number of hydrogen-bond donors (Lipinski definition) is 2. The van der Waals surface area contributed by atoms with Gasteiger partial charge in [0.05, 0.1) is 23.4 Å². The molecule has 1 saturated heterocycles. The van der Waals surface area contributed by atoms with Crippen molar-refractivity contribution in [2.24, 2.45) is 0 Å². The summed E-state index contributed by atoms with van der Waals surface area (Å²) in [5.41, 5.74) is 1.18. The molecule has 2 N–H and O–H groups in total. The second kappa shape index (κ2) is 4.96. The van der Waals surface area contributed by atoms with Gasteiger partial charge in [0.25, 0.3) is 0 Å². The van der Waals surface area contributed by atoms with E-state index in [-0.39, 0.29) is 13.0 Å². The van der Waals surface area contributed by atoms with E-state index in [4.69, 9.17) is 10.4 Å². The summed E-state index contributed by atoms with van der Waals surface area (Å²) in [6, 6.07) is 6.24. The van der Waals surface area contributed by atoms with Gasteiger partial charge in [-0.3, -0.25) is 0 Å². The summed E-state index contributed by atoms with van der Waals surface area (Å²) in [6.07, 6.45) is -0.435. The molecule has 94 valence electrons. The molecule has 0 aliphatic carbocycles. The summed E-state index contributed by atoms with van der Waals surface area (Å²) in [6.45, 7) is 0.279. The van der Waals surface area contributed by atoms with Crippen molar-refractivity contribution in [2.75, 3.05) is 11.4 Å². The third-order valence-corrected chi connectivity index (χ3v) is 3.59. The molecule has 0 amide bonds. The molecular weight excluding hydrogens is 300 g/mol. The number of nitriles is 1. The lowest BCUT2D eigenvalue weighted by atomic mass is 10.1. The molecule has 1 aliphatic rings. The van der Waals surface area contributed by atoms with Crippen LogP contribution in [0.4, 0.5) is 5.69 Å². The van der Waals surface area contributed by atoms with Gasteiger partial charge >= 0.3 is 5.97 Å². The number of aliphatic carboxylic acids is 1.